The lowest BCUT2D eigenvalue weighted by Gasteiger charge is -2.33. The van der Waals surface area contributed by atoms with Crippen molar-refractivity contribution in [2.45, 2.75) is 57.3 Å². The zero-order valence-electron chi connectivity index (χ0n) is 19.3. The molecule has 2 aliphatic rings. The molecule has 1 aromatic carbocycles. The van der Waals surface area contributed by atoms with Crippen LogP contribution in [0.5, 0.6) is 0 Å². The Morgan fingerprint density at radius 1 is 1.11 bits per heavy atom. The van der Waals surface area contributed by atoms with E-state index in [4.69, 9.17) is 16.3 Å². The largest absolute Gasteiger partial charge is 0.373 e. The molecule has 0 radical (unpaired) electrons. The molecule has 3 aromatic heterocycles. The zero-order valence-corrected chi connectivity index (χ0v) is 20.1. The summed E-state index contributed by atoms with van der Waals surface area (Å²) in [6.45, 7) is 3.80. The lowest BCUT2D eigenvalue weighted by atomic mass is 9.89. The summed E-state index contributed by atoms with van der Waals surface area (Å²) >= 11 is 5.96. The number of fused-ring (bicyclic) bond motifs is 1. The molecule has 4 aromatic rings. The second kappa shape index (κ2) is 8.27. The minimum absolute atomic E-state index is 0.0235. The SMILES string of the molecule is Cc1nc2nc(C3(F)CCOC(c4cnn(C5CC5)c4)C3)nc(-c3ccc(Cl)cc3F)c2nc1C. The summed E-state index contributed by atoms with van der Waals surface area (Å²) in [5.74, 6) is -0.622. The molecular weight excluding hydrogens is 474 g/mol. The highest BCUT2D eigenvalue weighted by atomic mass is 35.5. The summed E-state index contributed by atoms with van der Waals surface area (Å²) in [5, 5.41) is 4.67. The molecule has 0 spiro atoms. The van der Waals surface area contributed by atoms with Crippen LogP contribution in [0.1, 0.15) is 60.6 Å². The summed E-state index contributed by atoms with van der Waals surface area (Å²) in [7, 11) is 0. The molecule has 2 fully saturated rings. The Morgan fingerprint density at radius 3 is 2.69 bits per heavy atom. The predicted octanol–water partition coefficient (Wildman–Crippen LogP) is 5.74. The van der Waals surface area contributed by atoms with Gasteiger partial charge < -0.3 is 4.74 Å². The van der Waals surface area contributed by atoms with Crippen molar-refractivity contribution in [3.8, 4) is 11.3 Å². The Labute approximate surface area is 205 Å². The Hall–Kier alpha value is -3.04. The van der Waals surface area contributed by atoms with Crippen molar-refractivity contribution in [2.75, 3.05) is 6.61 Å². The maximum absolute atomic E-state index is 16.6. The van der Waals surface area contributed by atoms with E-state index in [0.29, 0.717) is 22.9 Å². The molecule has 0 N–H and O–H groups in total. The van der Waals surface area contributed by atoms with Gasteiger partial charge in [-0.2, -0.15) is 5.10 Å². The van der Waals surface area contributed by atoms with Crippen molar-refractivity contribution in [3.63, 3.8) is 0 Å². The van der Waals surface area contributed by atoms with Crippen LogP contribution in [-0.4, -0.2) is 36.3 Å². The van der Waals surface area contributed by atoms with Gasteiger partial charge in [0.1, 0.15) is 17.0 Å². The first-order valence-electron chi connectivity index (χ1n) is 11.6. The zero-order chi connectivity index (χ0) is 24.3. The van der Waals surface area contributed by atoms with Crippen molar-refractivity contribution in [2.24, 2.45) is 0 Å². The molecule has 35 heavy (non-hydrogen) atoms. The fourth-order valence-corrected chi connectivity index (χ4v) is 4.63. The van der Waals surface area contributed by atoms with Crippen LogP contribution in [-0.2, 0) is 10.4 Å². The van der Waals surface area contributed by atoms with Gasteiger partial charge in [0.25, 0.3) is 0 Å². The predicted molar refractivity (Wildman–Crippen MR) is 126 cm³/mol. The van der Waals surface area contributed by atoms with Crippen molar-refractivity contribution >= 4 is 22.8 Å². The van der Waals surface area contributed by atoms with Gasteiger partial charge in [-0.25, -0.2) is 28.7 Å². The number of rotatable bonds is 4. The lowest BCUT2D eigenvalue weighted by Crippen LogP contribution is -2.33. The molecule has 180 valence electrons. The molecule has 6 rings (SSSR count). The molecule has 1 aliphatic carbocycles. The van der Waals surface area contributed by atoms with Gasteiger partial charge in [0.15, 0.2) is 17.1 Å². The van der Waals surface area contributed by atoms with Crippen LogP contribution in [0.15, 0.2) is 30.6 Å². The van der Waals surface area contributed by atoms with Gasteiger partial charge in [-0.1, -0.05) is 11.6 Å². The Morgan fingerprint density at radius 2 is 1.91 bits per heavy atom. The monoisotopic (exact) mass is 496 g/mol. The van der Waals surface area contributed by atoms with E-state index in [9.17, 15) is 4.39 Å². The van der Waals surface area contributed by atoms with Gasteiger partial charge in [-0.05, 0) is 44.9 Å². The highest BCUT2D eigenvalue weighted by Crippen LogP contribution is 2.44. The maximum atomic E-state index is 16.6. The van der Waals surface area contributed by atoms with E-state index < -0.39 is 17.6 Å². The molecule has 2 unspecified atom stereocenters. The van der Waals surface area contributed by atoms with Gasteiger partial charge >= 0.3 is 0 Å². The molecule has 0 bridgehead atoms. The second-order valence-electron chi connectivity index (χ2n) is 9.35. The van der Waals surface area contributed by atoms with Crippen LogP contribution in [0.3, 0.4) is 0 Å². The first kappa shape index (κ1) is 22.4. The fourth-order valence-electron chi connectivity index (χ4n) is 4.47. The maximum Gasteiger partial charge on any atom is 0.182 e. The van der Waals surface area contributed by atoms with Gasteiger partial charge in [0.2, 0.25) is 0 Å². The van der Waals surface area contributed by atoms with Crippen LogP contribution < -0.4 is 0 Å². The number of aryl methyl sites for hydroxylation is 2. The molecule has 2 atom stereocenters. The third-order valence-electron chi connectivity index (χ3n) is 6.77. The third-order valence-corrected chi connectivity index (χ3v) is 7.01. The second-order valence-corrected chi connectivity index (χ2v) is 9.79. The Bertz CT molecular complexity index is 1460. The quantitative estimate of drug-likeness (QED) is 0.358. The van der Waals surface area contributed by atoms with E-state index in [1.165, 1.54) is 12.1 Å². The Kier molecular flexibility index (Phi) is 5.30. The first-order valence-corrected chi connectivity index (χ1v) is 12.0. The van der Waals surface area contributed by atoms with Crippen LogP contribution >= 0.6 is 11.6 Å². The van der Waals surface area contributed by atoms with E-state index in [-0.39, 0.29) is 47.2 Å². The Balaban J connectivity index is 1.45. The van der Waals surface area contributed by atoms with E-state index in [0.717, 1.165) is 18.4 Å². The van der Waals surface area contributed by atoms with E-state index in [2.05, 4.69) is 25.0 Å². The first-order chi connectivity index (χ1) is 16.8. The molecular formula is C25H23ClF2N6O. The number of halogens is 3. The summed E-state index contributed by atoms with van der Waals surface area (Å²) in [6, 6.07) is 4.71. The summed E-state index contributed by atoms with van der Waals surface area (Å²) in [5.41, 5.74) is 1.16. The van der Waals surface area contributed by atoms with Gasteiger partial charge in [0, 0.05) is 35.2 Å². The van der Waals surface area contributed by atoms with Crippen LogP contribution in [0, 0.1) is 19.7 Å². The van der Waals surface area contributed by atoms with Crippen molar-refractivity contribution in [1.82, 2.24) is 29.7 Å². The number of hydrogen-bond acceptors (Lipinski definition) is 6. The number of ether oxygens (including phenoxy) is 1. The van der Waals surface area contributed by atoms with Crippen molar-refractivity contribution in [1.29, 1.82) is 0 Å². The highest BCUT2D eigenvalue weighted by molar-refractivity contribution is 6.30. The topological polar surface area (TPSA) is 78.6 Å². The molecule has 7 nitrogen and oxygen atoms in total. The minimum Gasteiger partial charge on any atom is -0.373 e. The highest BCUT2D eigenvalue weighted by Gasteiger charge is 2.43. The molecule has 10 heteroatoms. The van der Waals surface area contributed by atoms with Crippen LogP contribution in [0.4, 0.5) is 8.78 Å². The lowest BCUT2D eigenvalue weighted by molar-refractivity contribution is -0.0715. The summed E-state index contributed by atoms with van der Waals surface area (Å²) < 4.78 is 39.4. The van der Waals surface area contributed by atoms with E-state index in [1.54, 1.807) is 26.1 Å². The fraction of sp³-hybridized carbons (Fsp3) is 0.400. The molecule has 1 aliphatic heterocycles. The molecule has 4 heterocycles. The number of benzene rings is 1. The van der Waals surface area contributed by atoms with Crippen molar-refractivity contribution < 1.29 is 13.5 Å². The molecule has 1 saturated carbocycles. The van der Waals surface area contributed by atoms with Gasteiger partial charge in [-0.15, -0.1) is 0 Å². The summed E-state index contributed by atoms with van der Waals surface area (Å²) in [4.78, 5) is 18.1. The average molecular weight is 497 g/mol. The standard InChI is InChI=1S/C25H23ClF2N6O/c1-13-14(2)31-23-22(30-13)21(18-6-3-16(26)9-19(18)27)32-24(33-23)25(28)7-8-35-20(10-25)15-11-29-34(12-15)17-4-5-17/h3,6,9,11-12,17,20H,4-5,7-8,10H2,1-2H3. The number of nitrogens with zero attached hydrogens (tertiary/aromatic N) is 6. The van der Waals surface area contributed by atoms with Crippen LogP contribution in [0.2, 0.25) is 5.02 Å². The van der Waals surface area contributed by atoms with E-state index >= 15 is 4.39 Å². The smallest absolute Gasteiger partial charge is 0.182 e. The van der Waals surface area contributed by atoms with Gasteiger partial charge in [0.05, 0.1) is 36.3 Å². The van der Waals surface area contributed by atoms with E-state index in [1.807, 2.05) is 10.9 Å². The molecule has 0 amide bonds. The minimum atomic E-state index is -1.89. The number of aromatic nitrogens is 6. The third kappa shape index (κ3) is 4.06. The normalized spacial score (nSPS) is 22.6. The van der Waals surface area contributed by atoms with Gasteiger partial charge in [-0.3, -0.25) is 4.68 Å². The number of hydrogen-bond donors (Lipinski definition) is 0. The number of alkyl halides is 1. The average Bonchev–Trinajstić information content (AvgIpc) is 3.56. The van der Waals surface area contributed by atoms with Crippen molar-refractivity contribution in [3.05, 3.63) is 64.2 Å². The molecule has 1 saturated heterocycles. The van der Waals surface area contributed by atoms with Crippen LogP contribution in [0.25, 0.3) is 22.4 Å². The summed E-state index contributed by atoms with van der Waals surface area (Å²) in [6.07, 6.45) is 5.50.